The zero-order valence-electron chi connectivity index (χ0n) is 14.2. The molecule has 26 heavy (non-hydrogen) atoms. The molecule has 9 heteroatoms. The lowest BCUT2D eigenvalue weighted by Crippen LogP contribution is -2.33. The quantitative estimate of drug-likeness (QED) is 0.547. The third-order valence-electron chi connectivity index (χ3n) is 3.66. The normalized spacial score (nSPS) is 14.4. The number of anilines is 1. The van der Waals surface area contributed by atoms with Crippen LogP contribution < -0.4 is 10.6 Å². The number of carbonyl (C=O) groups excluding carboxylic acids is 4. The standard InChI is InChI=1S/C17H18N4O5/c1-11(16(24)20-13-6-4-12(9-18)5-7-13)26-15(23)3-2-8-21-14(22)10-19-17(21)25/h4-7,11H,2-3,8,10H2,1H3,(H,19,25)(H,20,24)/t11-/m0/s1. The molecule has 1 aliphatic heterocycles. The first kappa shape index (κ1) is 18.9. The van der Waals surface area contributed by atoms with Crippen LogP contribution in [0, 0.1) is 11.3 Å². The maximum absolute atomic E-state index is 12.0. The summed E-state index contributed by atoms with van der Waals surface area (Å²) in [5, 5.41) is 13.7. The van der Waals surface area contributed by atoms with Gasteiger partial charge in [0.1, 0.15) is 0 Å². The molecular formula is C17H18N4O5. The molecule has 0 saturated carbocycles. The Morgan fingerprint density at radius 3 is 2.62 bits per heavy atom. The molecule has 0 radical (unpaired) electrons. The highest BCUT2D eigenvalue weighted by molar-refractivity contribution is 6.02. The number of hydrogen-bond donors (Lipinski definition) is 2. The number of carbonyl (C=O) groups is 4. The van der Waals surface area contributed by atoms with Gasteiger partial charge < -0.3 is 15.4 Å². The molecule has 0 aliphatic carbocycles. The van der Waals surface area contributed by atoms with Gasteiger partial charge in [-0.15, -0.1) is 0 Å². The van der Waals surface area contributed by atoms with Gasteiger partial charge in [0.05, 0.1) is 18.2 Å². The summed E-state index contributed by atoms with van der Waals surface area (Å²) in [6.45, 7) is 1.52. The summed E-state index contributed by atoms with van der Waals surface area (Å²) in [5.74, 6) is -1.43. The van der Waals surface area contributed by atoms with E-state index >= 15 is 0 Å². The number of urea groups is 1. The summed E-state index contributed by atoms with van der Waals surface area (Å²) in [4.78, 5) is 47.6. The van der Waals surface area contributed by atoms with Gasteiger partial charge in [-0.05, 0) is 37.6 Å². The highest BCUT2D eigenvalue weighted by Crippen LogP contribution is 2.10. The van der Waals surface area contributed by atoms with Gasteiger partial charge in [0.2, 0.25) is 5.91 Å². The topological polar surface area (TPSA) is 129 Å². The number of amides is 4. The Labute approximate surface area is 149 Å². The lowest BCUT2D eigenvalue weighted by Gasteiger charge is -2.15. The number of nitrogens with zero attached hydrogens (tertiary/aromatic N) is 2. The van der Waals surface area contributed by atoms with Crippen LogP contribution in [0.1, 0.15) is 25.3 Å². The fraction of sp³-hybridized carbons (Fsp3) is 0.353. The molecule has 136 valence electrons. The van der Waals surface area contributed by atoms with Crippen molar-refractivity contribution in [2.24, 2.45) is 0 Å². The van der Waals surface area contributed by atoms with Gasteiger partial charge in [-0.25, -0.2) is 4.79 Å². The molecule has 0 aromatic heterocycles. The van der Waals surface area contributed by atoms with E-state index in [1.165, 1.54) is 6.92 Å². The van der Waals surface area contributed by atoms with E-state index in [0.717, 1.165) is 4.90 Å². The molecule has 1 aromatic carbocycles. The maximum Gasteiger partial charge on any atom is 0.324 e. The van der Waals surface area contributed by atoms with Crippen LogP contribution in [0.3, 0.4) is 0 Å². The Hall–Kier alpha value is -3.41. The molecule has 0 unspecified atom stereocenters. The Balaban J connectivity index is 1.73. The van der Waals surface area contributed by atoms with Gasteiger partial charge in [0.25, 0.3) is 5.91 Å². The fourth-order valence-corrected chi connectivity index (χ4v) is 2.24. The molecular weight excluding hydrogens is 340 g/mol. The summed E-state index contributed by atoms with van der Waals surface area (Å²) in [6.07, 6.45) is -0.775. The first-order valence-electron chi connectivity index (χ1n) is 7.99. The summed E-state index contributed by atoms with van der Waals surface area (Å²) >= 11 is 0. The highest BCUT2D eigenvalue weighted by Gasteiger charge is 2.28. The van der Waals surface area contributed by atoms with E-state index < -0.39 is 24.0 Å². The second kappa shape index (κ2) is 8.62. The summed E-state index contributed by atoms with van der Waals surface area (Å²) in [6, 6.07) is 7.76. The first-order chi connectivity index (χ1) is 12.4. The van der Waals surface area contributed by atoms with E-state index in [0.29, 0.717) is 11.3 Å². The minimum atomic E-state index is -1.00. The molecule has 1 heterocycles. The van der Waals surface area contributed by atoms with E-state index in [-0.39, 0.29) is 31.8 Å². The van der Waals surface area contributed by atoms with Crippen molar-refractivity contribution in [1.82, 2.24) is 10.2 Å². The van der Waals surface area contributed by atoms with E-state index in [2.05, 4.69) is 10.6 Å². The van der Waals surface area contributed by atoms with Gasteiger partial charge in [-0.1, -0.05) is 0 Å². The molecule has 9 nitrogen and oxygen atoms in total. The number of hydrogen-bond acceptors (Lipinski definition) is 6. The van der Waals surface area contributed by atoms with Crippen LogP contribution >= 0.6 is 0 Å². The second-order valence-corrected chi connectivity index (χ2v) is 5.62. The summed E-state index contributed by atoms with van der Waals surface area (Å²) in [5.41, 5.74) is 0.947. The van der Waals surface area contributed by atoms with E-state index in [4.69, 9.17) is 10.00 Å². The molecule has 1 atom stereocenters. The average Bonchev–Trinajstić information content (AvgIpc) is 2.94. The largest absolute Gasteiger partial charge is 0.453 e. The third-order valence-corrected chi connectivity index (χ3v) is 3.66. The van der Waals surface area contributed by atoms with Gasteiger partial charge in [0, 0.05) is 18.7 Å². The van der Waals surface area contributed by atoms with Crippen LogP contribution in [0.4, 0.5) is 10.5 Å². The van der Waals surface area contributed by atoms with Crippen LogP contribution in [0.25, 0.3) is 0 Å². The third kappa shape index (κ3) is 5.04. The van der Waals surface area contributed by atoms with Crippen molar-refractivity contribution in [3.63, 3.8) is 0 Å². The highest BCUT2D eigenvalue weighted by atomic mass is 16.5. The molecule has 1 saturated heterocycles. The van der Waals surface area contributed by atoms with E-state index in [1.54, 1.807) is 24.3 Å². The van der Waals surface area contributed by atoms with Crippen molar-refractivity contribution in [2.45, 2.75) is 25.9 Å². The first-order valence-corrected chi connectivity index (χ1v) is 7.99. The van der Waals surface area contributed by atoms with Crippen molar-refractivity contribution in [1.29, 1.82) is 5.26 Å². The number of esters is 1. The minimum absolute atomic E-state index is 0.0223. The van der Waals surface area contributed by atoms with Crippen molar-refractivity contribution in [2.75, 3.05) is 18.4 Å². The summed E-state index contributed by atoms with van der Waals surface area (Å²) < 4.78 is 5.04. The van der Waals surface area contributed by atoms with Crippen molar-refractivity contribution < 1.29 is 23.9 Å². The molecule has 0 bridgehead atoms. The molecule has 2 N–H and O–H groups in total. The van der Waals surface area contributed by atoms with Gasteiger partial charge in [0.15, 0.2) is 6.10 Å². The average molecular weight is 358 g/mol. The van der Waals surface area contributed by atoms with Crippen LogP contribution in [0.2, 0.25) is 0 Å². The van der Waals surface area contributed by atoms with Crippen molar-refractivity contribution >= 4 is 29.5 Å². The predicted octanol–water partition coefficient (Wildman–Crippen LogP) is 0.760. The molecule has 1 fully saturated rings. The Kier molecular flexibility index (Phi) is 6.27. The van der Waals surface area contributed by atoms with Crippen LogP contribution in [-0.2, 0) is 19.1 Å². The zero-order valence-corrected chi connectivity index (χ0v) is 14.2. The van der Waals surface area contributed by atoms with Gasteiger partial charge >= 0.3 is 12.0 Å². The Morgan fingerprint density at radius 2 is 2.04 bits per heavy atom. The maximum atomic E-state index is 12.0. The van der Waals surface area contributed by atoms with Crippen LogP contribution in [0.5, 0.6) is 0 Å². The summed E-state index contributed by atoms with van der Waals surface area (Å²) in [7, 11) is 0. The molecule has 2 rings (SSSR count). The van der Waals surface area contributed by atoms with Gasteiger partial charge in [-0.2, -0.15) is 5.26 Å². The molecule has 0 spiro atoms. The Morgan fingerprint density at radius 1 is 1.35 bits per heavy atom. The number of ether oxygens (including phenoxy) is 1. The zero-order chi connectivity index (χ0) is 19.1. The van der Waals surface area contributed by atoms with Crippen LogP contribution in [-0.4, -0.2) is 47.9 Å². The van der Waals surface area contributed by atoms with Crippen LogP contribution in [0.15, 0.2) is 24.3 Å². The van der Waals surface area contributed by atoms with E-state index in [1.807, 2.05) is 6.07 Å². The second-order valence-electron chi connectivity index (χ2n) is 5.62. The van der Waals surface area contributed by atoms with Crippen molar-refractivity contribution in [3.05, 3.63) is 29.8 Å². The van der Waals surface area contributed by atoms with Gasteiger partial charge in [-0.3, -0.25) is 19.3 Å². The lowest BCUT2D eigenvalue weighted by atomic mass is 10.2. The van der Waals surface area contributed by atoms with Crippen molar-refractivity contribution in [3.8, 4) is 6.07 Å². The smallest absolute Gasteiger partial charge is 0.324 e. The molecule has 1 aliphatic rings. The predicted molar refractivity (Wildman–Crippen MR) is 89.7 cm³/mol. The lowest BCUT2D eigenvalue weighted by molar-refractivity contribution is -0.153. The number of nitrogens with one attached hydrogen (secondary N) is 2. The van der Waals surface area contributed by atoms with E-state index in [9.17, 15) is 19.2 Å². The fourth-order valence-electron chi connectivity index (χ4n) is 2.24. The SMILES string of the molecule is C[C@H](OC(=O)CCCN1C(=O)CNC1=O)C(=O)Nc1ccc(C#N)cc1. The monoisotopic (exact) mass is 358 g/mol. The number of benzene rings is 1. The number of nitriles is 1. The number of imide groups is 1. The Bertz CT molecular complexity index is 737. The molecule has 4 amide bonds. The minimum Gasteiger partial charge on any atom is -0.453 e. The number of rotatable bonds is 7. The molecule has 1 aromatic rings.